The fraction of sp³-hybridized carbons (Fsp3) is 0.565. The highest BCUT2D eigenvalue weighted by Crippen LogP contribution is 2.39. The predicted octanol–water partition coefficient (Wildman–Crippen LogP) is 4.85. The van der Waals surface area contributed by atoms with Crippen LogP contribution in [0.25, 0.3) is 22.4 Å². The normalized spacial score (nSPS) is 17.9. The van der Waals surface area contributed by atoms with E-state index in [-0.39, 0.29) is 6.23 Å². The summed E-state index contributed by atoms with van der Waals surface area (Å²) < 4.78 is 9.37. The lowest BCUT2D eigenvalue weighted by Gasteiger charge is -2.23. The Kier molecular flexibility index (Phi) is 5.82. The number of nitrogens with one attached hydrogen (secondary N) is 1. The van der Waals surface area contributed by atoms with E-state index in [2.05, 4.69) is 74.3 Å². The van der Waals surface area contributed by atoms with Crippen LogP contribution >= 0.6 is 15.9 Å². The van der Waals surface area contributed by atoms with E-state index in [0.717, 1.165) is 69.3 Å². The Morgan fingerprint density at radius 3 is 2.78 bits per heavy atom. The molecule has 9 heteroatoms. The summed E-state index contributed by atoms with van der Waals surface area (Å²) in [6.45, 7) is 11.8. The van der Waals surface area contributed by atoms with Gasteiger partial charge in [0.05, 0.1) is 16.9 Å². The highest BCUT2D eigenvalue weighted by Gasteiger charge is 2.38. The Hall–Kier alpha value is -1.52. The number of aliphatic hydroxyl groups excluding tert-OH is 1. The largest absolute Gasteiger partial charge is 0.378 e. The van der Waals surface area contributed by atoms with Gasteiger partial charge in [-0.2, -0.15) is 5.10 Å². The number of hydrogen-bond donors (Lipinski definition) is 2. The molecule has 1 aromatic carbocycles. The number of aromatic amines is 1. The summed E-state index contributed by atoms with van der Waals surface area (Å²) in [5, 5.41) is 19.6. The van der Waals surface area contributed by atoms with Gasteiger partial charge in [-0.05, 0) is 49.4 Å². The van der Waals surface area contributed by atoms with Gasteiger partial charge in [-0.25, -0.2) is 4.98 Å². The monoisotopic (exact) mass is 517 g/mol. The van der Waals surface area contributed by atoms with E-state index >= 15 is 0 Å². The number of rotatable bonds is 8. The molecule has 2 aromatic heterocycles. The van der Waals surface area contributed by atoms with Crippen LogP contribution in [0, 0.1) is 12.8 Å². The van der Waals surface area contributed by atoms with E-state index in [9.17, 15) is 5.11 Å². The van der Waals surface area contributed by atoms with Crippen LogP contribution in [0.2, 0.25) is 25.7 Å². The smallest absolute Gasteiger partial charge is 0.163 e. The van der Waals surface area contributed by atoms with Crippen molar-refractivity contribution in [2.24, 2.45) is 5.92 Å². The molecule has 5 rings (SSSR count). The first kappa shape index (κ1) is 22.3. The SMILES string of the molecule is Cc1cc(Br)cc2[nH]nc(-c3nc4c(n3COCC[Si](C)(C)C)CN(C(O)C3CC3)C4)c12. The number of imidazole rings is 1. The number of halogens is 1. The van der Waals surface area contributed by atoms with Crippen molar-refractivity contribution in [2.45, 2.75) is 71.5 Å². The molecule has 0 saturated heterocycles. The second kappa shape index (κ2) is 8.36. The maximum Gasteiger partial charge on any atom is 0.163 e. The summed E-state index contributed by atoms with van der Waals surface area (Å²) in [7, 11) is -1.16. The van der Waals surface area contributed by atoms with Crippen molar-refractivity contribution in [3.63, 3.8) is 0 Å². The van der Waals surface area contributed by atoms with E-state index < -0.39 is 8.07 Å². The van der Waals surface area contributed by atoms with Gasteiger partial charge in [0, 0.05) is 37.6 Å². The molecule has 2 N–H and O–H groups in total. The predicted molar refractivity (Wildman–Crippen MR) is 132 cm³/mol. The summed E-state index contributed by atoms with van der Waals surface area (Å²) in [6, 6.07) is 5.29. The first-order valence-corrected chi connectivity index (χ1v) is 15.9. The van der Waals surface area contributed by atoms with Crippen molar-refractivity contribution < 1.29 is 9.84 Å². The molecule has 1 saturated carbocycles. The van der Waals surface area contributed by atoms with Crippen molar-refractivity contribution in [3.05, 3.63) is 33.6 Å². The standard InChI is InChI=1S/C23H32BrN5O2Si/c1-14-9-16(24)10-17-20(14)21(27-26-17)22-25-18-11-28(23(30)15-5-6-15)12-19(18)29(22)13-31-7-8-32(2,3)4/h9-10,15,23,30H,5-8,11-13H2,1-4H3,(H,26,27). The average Bonchev–Trinajstić information content (AvgIpc) is 3.20. The van der Waals surface area contributed by atoms with E-state index in [1.807, 2.05) is 0 Å². The van der Waals surface area contributed by atoms with Crippen molar-refractivity contribution >= 4 is 34.9 Å². The lowest BCUT2D eigenvalue weighted by Crippen LogP contribution is -2.32. The van der Waals surface area contributed by atoms with E-state index in [1.54, 1.807) is 0 Å². The number of nitrogens with zero attached hydrogens (tertiary/aromatic N) is 4. The van der Waals surface area contributed by atoms with Crippen LogP contribution in [-0.4, -0.2) is 50.7 Å². The third-order valence-electron chi connectivity index (χ3n) is 6.53. The van der Waals surface area contributed by atoms with Crippen LogP contribution in [0.4, 0.5) is 0 Å². The molecule has 0 spiro atoms. The topological polar surface area (TPSA) is 79.2 Å². The number of fused-ring (bicyclic) bond motifs is 2. The third-order valence-corrected chi connectivity index (χ3v) is 8.69. The highest BCUT2D eigenvalue weighted by atomic mass is 79.9. The minimum Gasteiger partial charge on any atom is -0.378 e. The summed E-state index contributed by atoms with van der Waals surface area (Å²) in [5.41, 5.74) is 5.17. The van der Waals surface area contributed by atoms with Gasteiger partial charge in [-0.3, -0.25) is 10.00 Å². The van der Waals surface area contributed by atoms with Crippen LogP contribution < -0.4 is 0 Å². The average molecular weight is 519 g/mol. The first-order valence-electron chi connectivity index (χ1n) is 11.4. The molecule has 1 fully saturated rings. The third kappa shape index (κ3) is 4.33. The van der Waals surface area contributed by atoms with Gasteiger partial charge in [-0.15, -0.1) is 0 Å². The van der Waals surface area contributed by atoms with Crippen LogP contribution in [0.15, 0.2) is 16.6 Å². The van der Waals surface area contributed by atoms with Gasteiger partial charge < -0.3 is 14.4 Å². The van der Waals surface area contributed by atoms with Crippen molar-refractivity contribution in [1.82, 2.24) is 24.6 Å². The van der Waals surface area contributed by atoms with Crippen molar-refractivity contribution in [1.29, 1.82) is 0 Å². The second-order valence-electron chi connectivity index (χ2n) is 10.5. The van der Waals surface area contributed by atoms with Crippen LogP contribution in [0.5, 0.6) is 0 Å². The molecule has 1 unspecified atom stereocenters. The van der Waals surface area contributed by atoms with E-state index in [4.69, 9.17) is 9.72 Å². The maximum absolute atomic E-state index is 10.7. The Morgan fingerprint density at radius 1 is 1.28 bits per heavy atom. The summed E-state index contributed by atoms with van der Waals surface area (Å²) >= 11 is 3.58. The highest BCUT2D eigenvalue weighted by molar-refractivity contribution is 9.10. The van der Waals surface area contributed by atoms with E-state index in [1.165, 1.54) is 0 Å². The molecular weight excluding hydrogens is 486 g/mol. The summed E-state index contributed by atoms with van der Waals surface area (Å²) in [6.07, 6.45) is 1.86. The zero-order chi connectivity index (χ0) is 22.6. The molecule has 1 aliphatic carbocycles. The molecule has 1 atom stereocenters. The molecule has 0 bridgehead atoms. The fourth-order valence-corrected chi connectivity index (χ4v) is 5.82. The van der Waals surface area contributed by atoms with E-state index in [0.29, 0.717) is 25.7 Å². The van der Waals surface area contributed by atoms with Crippen LogP contribution in [0.3, 0.4) is 0 Å². The molecule has 0 radical (unpaired) electrons. The molecule has 3 aromatic rings. The molecular formula is C23H32BrN5O2Si. The molecule has 2 aliphatic rings. The molecule has 1 aliphatic heterocycles. The lowest BCUT2D eigenvalue weighted by molar-refractivity contribution is -0.0185. The number of aliphatic hydroxyl groups is 1. The maximum atomic E-state index is 10.7. The Balaban J connectivity index is 1.48. The Bertz CT molecular complexity index is 1150. The van der Waals surface area contributed by atoms with Crippen LogP contribution in [0.1, 0.15) is 29.8 Å². The van der Waals surface area contributed by atoms with Gasteiger partial charge in [0.2, 0.25) is 0 Å². The van der Waals surface area contributed by atoms with Gasteiger partial charge >= 0.3 is 0 Å². The van der Waals surface area contributed by atoms with Gasteiger partial charge in [0.1, 0.15) is 18.7 Å². The zero-order valence-corrected chi connectivity index (χ0v) is 21.9. The van der Waals surface area contributed by atoms with Crippen LogP contribution in [-0.2, 0) is 24.6 Å². The number of aryl methyl sites for hydroxylation is 1. The first-order chi connectivity index (χ1) is 15.2. The number of aromatic nitrogens is 4. The van der Waals surface area contributed by atoms with Gasteiger partial charge in [0.25, 0.3) is 0 Å². The second-order valence-corrected chi connectivity index (χ2v) is 17.0. The molecule has 7 nitrogen and oxygen atoms in total. The fourth-order valence-electron chi connectivity index (χ4n) is 4.49. The zero-order valence-electron chi connectivity index (χ0n) is 19.3. The van der Waals surface area contributed by atoms with Crippen molar-refractivity contribution in [2.75, 3.05) is 6.61 Å². The summed E-state index contributed by atoms with van der Waals surface area (Å²) in [4.78, 5) is 7.17. The lowest BCUT2D eigenvalue weighted by atomic mass is 10.1. The Morgan fingerprint density at radius 2 is 2.06 bits per heavy atom. The number of ether oxygens (including phenoxy) is 1. The Labute approximate surface area is 198 Å². The minimum atomic E-state index is -1.16. The number of benzene rings is 1. The van der Waals surface area contributed by atoms with Crippen molar-refractivity contribution in [3.8, 4) is 11.5 Å². The van der Waals surface area contributed by atoms with Gasteiger partial charge in [0.15, 0.2) is 5.82 Å². The minimum absolute atomic E-state index is 0.375. The molecule has 32 heavy (non-hydrogen) atoms. The number of hydrogen-bond acceptors (Lipinski definition) is 5. The molecule has 0 amide bonds. The van der Waals surface area contributed by atoms with Gasteiger partial charge in [-0.1, -0.05) is 35.6 Å². The molecule has 3 heterocycles. The quantitative estimate of drug-likeness (QED) is 0.329. The summed E-state index contributed by atoms with van der Waals surface area (Å²) in [5.74, 6) is 1.26. The molecule has 172 valence electrons. The number of H-pyrrole nitrogens is 1.